The van der Waals surface area contributed by atoms with Gasteiger partial charge in [0, 0.05) is 29.8 Å². The van der Waals surface area contributed by atoms with E-state index in [0.717, 1.165) is 9.80 Å². The van der Waals surface area contributed by atoms with E-state index in [1.807, 2.05) is 0 Å². The molecule has 2 saturated heterocycles. The highest BCUT2D eigenvalue weighted by Crippen LogP contribution is 2.31. The Morgan fingerprint density at radius 2 is 1.70 bits per heavy atom. The highest BCUT2D eigenvalue weighted by atomic mass is 32.2. The molecule has 4 amide bonds. The lowest BCUT2D eigenvalue weighted by Gasteiger charge is -2.22. The third-order valence-electron chi connectivity index (χ3n) is 3.28. The maximum Gasteiger partial charge on any atom is 0.249 e. The monoisotopic (exact) mass is 400 g/mol. The highest BCUT2D eigenvalue weighted by Gasteiger charge is 2.44. The van der Waals surface area contributed by atoms with Crippen LogP contribution in [0, 0.1) is 0 Å². The third-order valence-corrected chi connectivity index (χ3v) is 5.11. The van der Waals surface area contributed by atoms with Crippen LogP contribution in [0.4, 0.5) is 0 Å². The highest BCUT2D eigenvalue weighted by molar-refractivity contribution is 8.02. The standard InChI is InChI=1S/C11H12N2O6S4/c1-5(13-9(15)3-7(11(13)17)23-19-21)4-12-8(14)2-6(10(12)16)22-18-20/h6-7,20-21H,1-4H2/i/hT2. The number of hydrogen-bond acceptors (Lipinski definition) is 10. The smallest absolute Gasteiger partial charge is 0.249 e. The van der Waals surface area contributed by atoms with Gasteiger partial charge >= 0.3 is 0 Å². The van der Waals surface area contributed by atoms with Gasteiger partial charge in [-0.15, -0.1) is 0 Å². The van der Waals surface area contributed by atoms with Crippen LogP contribution < -0.4 is 0 Å². The number of nitrogens with zero attached hydrogens (tertiary/aromatic N) is 2. The summed E-state index contributed by atoms with van der Waals surface area (Å²) < 4.78 is 23.0. The van der Waals surface area contributed by atoms with E-state index in [4.69, 9.17) is 9.51 Å². The van der Waals surface area contributed by atoms with Gasteiger partial charge in [-0.25, -0.2) is 7.26 Å². The van der Waals surface area contributed by atoms with Crippen molar-refractivity contribution in [3.05, 3.63) is 12.3 Å². The molecular formula is C11H12N2O6S4. The Morgan fingerprint density at radius 1 is 1.13 bits per heavy atom. The van der Waals surface area contributed by atoms with Crippen molar-refractivity contribution < 1.29 is 26.4 Å². The van der Waals surface area contributed by atoms with Crippen LogP contribution in [0.1, 0.15) is 12.8 Å². The minimum absolute atomic E-state index is 0.0137. The summed E-state index contributed by atoms with van der Waals surface area (Å²) in [6.07, 6.45) is -0.204. The summed E-state index contributed by atoms with van der Waals surface area (Å²) in [4.78, 5) is 50.2. The molecule has 12 heteroatoms. The molecule has 0 aromatic carbocycles. The van der Waals surface area contributed by atoms with Crippen LogP contribution in [0.25, 0.3) is 0 Å². The predicted molar refractivity (Wildman–Crippen MR) is 89.8 cm³/mol. The van der Waals surface area contributed by atoms with Crippen LogP contribution in [-0.4, -0.2) is 52.7 Å². The number of carbonyl (C=O) groups excluding carboxylic acids is 4. The molecule has 0 spiro atoms. The van der Waals surface area contributed by atoms with Crippen LogP contribution >= 0.6 is 49.7 Å². The quantitative estimate of drug-likeness (QED) is 0.333. The summed E-state index contributed by atoms with van der Waals surface area (Å²) in [6, 6.07) is 0. The van der Waals surface area contributed by atoms with Gasteiger partial charge < -0.3 is 0 Å². The van der Waals surface area contributed by atoms with E-state index >= 15 is 0 Å². The van der Waals surface area contributed by atoms with E-state index in [0.29, 0.717) is 49.7 Å². The molecule has 2 rings (SSSR count). The molecule has 126 valence electrons. The van der Waals surface area contributed by atoms with Gasteiger partial charge in [-0.3, -0.25) is 29.0 Å². The van der Waals surface area contributed by atoms with E-state index in [2.05, 4.69) is 6.58 Å². The van der Waals surface area contributed by atoms with Crippen molar-refractivity contribution in [3.63, 3.8) is 0 Å². The molecule has 2 unspecified atom stereocenters. The van der Waals surface area contributed by atoms with Gasteiger partial charge in [0.15, 0.2) is 0 Å². The number of hydrogen-bond donors (Lipinski definition) is 2. The summed E-state index contributed by atoms with van der Waals surface area (Å²) in [6.45, 7) is 3.36. The molecule has 2 heterocycles. The number of amides is 4. The fourth-order valence-electron chi connectivity index (χ4n) is 2.25. The minimum Gasteiger partial charge on any atom is -0.276 e. The van der Waals surface area contributed by atoms with Crippen LogP contribution in [-0.2, 0) is 26.4 Å². The first kappa shape index (κ1) is 15.8. The van der Waals surface area contributed by atoms with Crippen molar-refractivity contribution in [3.8, 4) is 0 Å². The molecular weight excluding hydrogens is 384 g/mol. The second kappa shape index (κ2) is 7.94. The fourth-order valence-corrected chi connectivity index (χ4v) is 3.83. The molecule has 2 aliphatic heterocycles. The van der Waals surface area contributed by atoms with Crippen molar-refractivity contribution in [1.29, 1.82) is 2.25 Å². The SMILES string of the molecule is [3H]SOSC1CC(=O)N(CC(=C)N2C(=O)CC(SOS[3H])C2=O)C1=O. The largest absolute Gasteiger partial charge is 0.276 e. The second-order valence-electron chi connectivity index (χ2n) is 4.67. The lowest BCUT2D eigenvalue weighted by Crippen LogP contribution is -2.39. The molecule has 0 aliphatic carbocycles. The van der Waals surface area contributed by atoms with E-state index < -0.39 is 34.1 Å². The van der Waals surface area contributed by atoms with Gasteiger partial charge in [0.2, 0.25) is 23.6 Å². The number of thiol groups is 2. The molecule has 8 nitrogen and oxygen atoms in total. The Balaban J connectivity index is 1.99. The molecule has 2 atom stereocenters. The molecule has 2 aliphatic rings. The third kappa shape index (κ3) is 3.88. The second-order valence-corrected chi connectivity index (χ2v) is 7.28. The molecule has 0 aromatic heterocycles. The normalized spacial score (nSPS) is 26.1. The maximum absolute atomic E-state index is 12.2. The lowest BCUT2D eigenvalue weighted by atomic mass is 10.3. The Bertz CT molecular complexity index is 609. The van der Waals surface area contributed by atoms with Gasteiger partial charge in [-0.05, 0) is 25.6 Å². The van der Waals surface area contributed by atoms with Gasteiger partial charge in [0.25, 0.3) is 0 Å². The molecule has 23 heavy (non-hydrogen) atoms. The Hall–Kier alpha value is -0.660. The molecule has 0 bridgehead atoms. The van der Waals surface area contributed by atoms with Gasteiger partial charge in [0.05, 0.1) is 19.4 Å². The molecule has 0 saturated carbocycles. The van der Waals surface area contributed by atoms with Crippen molar-refractivity contribution in [1.82, 2.24) is 9.80 Å². The van der Waals surface area contributed by atoms with E-state index in [1.165, 1.54) is 0 Å². The van der Waals surface area contributed by atoms with Crippen LogP contribution in [0.2, 0.25) is 0 Å². The molecule has 0 aromatic rings. The zero-order chi connectivity index (χ0) is 18.6. The van der Waals surface area contributed by atoms with E-state index in [9.17, 15) is 19.2 Å². The zero-order valence-electron chi connectivity index (χ0n) is 13.5. The fraction of sp³-hybridized carbons (Fsp3) is 0.455. The molecule has 0 radical (unpaired) electrons. The number of rotatable bonds is 9. The summed E-state index contributed by atoms with van der Waals surface area (Å²) >= 11 is 2.06. The van der Waals surface area contributed by atoms with Crippen molar-refractivity contribution in [2.24, 2.45) is 0 Å². The number of likely N-dealkylation sites (tertiary alicyclic amines) is 2. The average Bonchev–Trinajstić information content (AvgIpc) is 3.00. The van der Waals surface area contributed by atoms with Crippen LogP contribution in [0.15, 0.2) is 12.3 Å². The van der Waals surface area contributed by atoms with E-state index in [1.54, 1.807) is 0 Å². The summed E-state index contributed by atoms with van der Waals surface area (Å²) in [5, 5.41) is -1.56. The predicted octanol–water partition coefficient (Wildman–Crippen LogP) is 0.774. The van der Waals surface area contributed by atoms with Crippen LogP contribution in [0.5, 0.6) is 0 Å². The topological polar surface area (TPSA) is 93.2 Å². The average molecular weight is 401 g/mol. The first-order chi connectivity index (χ1) is 11.9. The van der Waals surface area contributed by atoms with E-state index in [-0.39, 0.29) is 25.1 Å². The van der Waals surface area contributed by atoms with Gasteiger partial charge in [-0.2, -0.15) is 0 Å². The first-order valence-electron chi connectivity index (χ1n) is 7.01. The van der Waals surface area contributed by atoms with Crippen LogP contribution in [0.3, 0.4) is 0 Å². The zero-order valence-corrected chi connectivity index (χ0v) is 14.7. The molecule has 0 N–H and O–H groups in total. The Kier molecular flexibility index (Phi) is 5.47. The molecule has 2 fully saturated rings. The maximum atomic E-state index is 12.2. The Labute approximate surface area is 154 Å². The summed E-state index contributed by atoms with van der Waals surface area (Å²) in [5.41, 5.74) is 0.0137. The summed E-state index contributed by atoms with van der Waals surface area (Å²) in [7, 11) is 0. The number of carbonyl (C=O) groups is 4. The minimum atomic E-state index is -0.794. The van der Waals surface area contributed by atoms with Crippen molar-refractivity contribution in [2.45, 2.75) is 23.3 Å². The van der Waals surface area contributed by atoms with Crippen molar-refractivity contribution in [2.75, 3.05) is 6.54 Å². The first-order valence-corrected chi connectivity index (χ1v) is 8.47. The van der Waals surface area contributed by atoms with Gasteiger partial charge in [-0.1, -0.05) is 6.58 Å². The number of imide groups is 2. The summed E-state index contributed by atoms with van der Waals surface area (Å²) in [5.74, 6) is -2.07. The van der Waals surface area contributed by atoms with Gasteiger partial charge in [0.1, 0.15) is 12.7 Å². The Morgan fingerprint density at radius 3 is 2.30 bits per heavy atom. The van der Waals surface area contributed by atoms with Crippen molar-refractivity contribution >= 4 is 73.3 Å². The lowest BCUT2D eigenvalue weighted by molar-refractivity contribution is -0.141.